The molecule has 0 aromatic heterocycles. The maximum Gasteiger partial charge on any atom is 0.170 e. The third-order valence-corrected chi connectivity index (χ3v) is 4.70. The molecular weight excluding hydrogens is 294 g/mol. The van der Waals surface area contributed by atoms with E-state index in [0.717, 1.165) is 17.5 Å². The van der Waals surface area contributed by atoms with Crippen LogP contribution in [0.3, 0.4) is 0 Å². The highest BCUT2D eigenvalue weighted by Gasteiger charge is 2.30. The number of rotatable bonds is 2. The summed E-state index contributed by atoms with van der Waals surface area (Å²) in [5.74, 6) is -0.0789. The number of hydrogen-bond acceptors (Lipinski definition) is 4. The van der Waals surface area contributed by atoms with Crippen LogP contribution in [0.5, 0.6) is 0 Å². The third kappa shape index (κ3) is 3.12. The first kappa shape index (κ1) is 14.6. The zero-order chi connectivity index (χ0) is 15.4. The van der Waals surface area contributed by atoms with Crippen LogP contribution in [0.1, 0.15) is 17.2 Å². The van der Waals surface area contributed by atoms with Crippen molar-refractivity contribution in [1.29, 1.82) is 0 Å². The van der Waals surface area contributed by atoms with Crippen LogP contribution in [-0.4, -0.2) is 15.9 Å². The molecule has 22 heavy (non-hydrogen) atoms. The van der Waals surface area contributed by atoms with E-state index in [1.54, 1.807) is 0 Å². The molecule has 110 valence electrons. The summed E-state index contributed by atoms with van der Waals surface area (Å²) in [5, 5.41) is 9.99. The standard InChI is InChI=1S/C18H15NO2S/c20-12-15-16(21)11-17(13-7-3-1-4-8-13)22-18(15)19-14-9-5-2-6-10-14/h1-10,12,17,20H,11H2/b15-12+,19-18?/t17-/m1/s1. The Labute approximate surface area is 133 Å². The number of para-hydroxylation sites is 1. The highest BCUT2D eigenvalue weighted by atomic mass is 32.2. The van der Waals surface area contributed by atoms with Gasteiger partial charge in [-0.1, -0.05) is 60.3 Å². The molecule has 0 radical (unpaired) electrons. The number of aliphatic imine (C=N–C) groups is 1. The molecule has 2 aromatic carbocycles. The quantitative estimate of drug-likeness (QED) is 0.651. The van der Waals surface area contributed by atoms with Gasteiger partial charge in [0.15, 0.2) is 5.78 Å². The summed E-state index contributed by atoms with van der Waals surface area (Å²) in [6, 6.07) is 19.4. The molecule has 0 spiro atoms. The molecule has 1 aliphatic heterocycles. The highest BCUT2D eigenvalue weighted by molar-refractivity contribution is 8.14. The number of aliphatic hydroxyl groups is 1. The summed E-state index contributed by atoms with van der Waals surface area (Å²) in [6.45, 7) is 0. The van der Waals surface area contributed by atoms with Gasteiger partial charge in [0.2, 0.25) is 0 Å². The van der Waals surface area contributed by atoms with Crippen molar-refractivity contribution >= 4 is 28.3 Å². The van der Waals surface area contributed by atoms with Crippen LogP contribution < -0.4 is 0 Å². The van der Waals surface area contributed by atoms with Crippen LogP contribution in [0.4, 0.5) is 5.69 Å². The predicted octanol–water partition coefficient (Wildman–Crippen LogP) is 4.61. The molecule has 2 aromatic rings. The van der Waals surface area contributed by atoms with Crippen molar-refractivity contribution in [2.45, 2.75) is 11.7 Å². The SMILES string of the molecule is O=C1C[C@H](c2ccccc2)SC(=Nc2ccccc2)/C1=C/O. The lowest BCUT2D eigenvalue weighted by Gasteiger charge is -2.23. The van der Waals surface area contributed by atoms with Crippen molar-refractivity contribution in [3.63, 3.8) is 0 Å². The van der Waals surface area contributed by atoms with E-state index >= 15 is 0 Å². The van der Waals surface area contributed by atoms with Crippen LogP contribution in [-0.2, 0) is 4.79 Å². The Morgan fingerprint density at radius 1 is 1.05 bits per heavy atom. The summed E-state index contributed by atoms with van der Waals surface area (Å²) in [5.41, 5.74) is 2.16. The normalized spacial score (nSPS) is 22.2. The van der Waals surface area contributed by atoms with E-state index in [1.165, 1.54) is 11.8 Å². The summed E-state index contributed by atoms with van der Waals surface area (Å²) >= 11 is 1.52. The maximum atomic E-state index is 12.3. The Bertz CT molecular complexity index is 723. The van der Waals surface area contributed by atoms with Crippen LogP contribution in [0.15, 0.2) is 77.5 Å². The van der Waals surface area contributed by atoms with Gasteiger partial charge in [-0.25, -0.2) is 4.99 Å². The number of ketones is 1. The van der Waals surface area contributed by atoms with E-state index in [2.05, 4.69) is 4.99 Å². The van der Waals surface area contributed by atoms with E-state index in [9.17, 15) is 9.90 Å². The van der Waals surface area contributed by atoms with Gasteiger partial charge in [-0.15, -0.1) is 0 Å². The predicted molar refractivity (Wildman–Crippen MR) is 90.6 cm³/mol. The zero-order valence-electron chi connectivity index (χ0n) is 11.8. The molecule has 1 fully saturated rings. The van der Waals surface area contributed by atoms with Gasteiger partial charge < -0.3 is 5.11 Å². The molecule has 0 unspecified atom stereocenters. The first-order chi connectivity index (χ1) is 10.8. The lowest BCUT2D eigenvalue weighted by atomic mass is 10.0. The van der Waals surface area contributed by atoms with Crippen molar-refractivity contribution in [2.24, 2.45) is 4.99 Å². The molecule has 3 nitrogen and oxygen atoms in total. The van der Waals surface area contributed by atoms with E-state index in [-0.39, 0.29) is 11.0 Å². The second-order valence-electron chi connectivity index (χ2n) is 4.94. The molecule has 1 heterocycles. The molecule has 4 heteroatoms. The van der Waals surface area contributed by atoms with Crippen molar-refractivity contribution in [3.05, 3.63) is 78.1 Å². The fourth-order valence-corrected chi connectivity index (χ4v) is 3.57. The molecule has 0 aliphatic carbocycles. The van der Waals surface area contributed by atoms with Gasteiger partial charge in [-0.3, -0.25) is 4.79 Å². The van der Waals surface area contributed by atoms with Crippen molar-refractivity contribution in [1.82, 2.24) is 0 Å². The number of aliphatic hydroxyl groups excluding tert-OH is 1. The Morgan fingerprint density at radius 3 is 2.32 bits per heavy atom. The monoisotopic (exact) mass is 309 g/mol. The fraction of sp³-hybridized carbons (Fsp3) is 0.111. The zero-order valence-corrected chi connectivity index (χ0v) is 12.7. The average Bonchev–Trinajstić information content (AvgIpc) is 2.56. The smallest absolute Gasteiger partial charge is 0.170 e. The second-order valence-corrected chi connectivity index (χ2v) is 6.13. The molecule has 0 saturated carbocycles. The largest absolute Gasteiger partial charge is 0.515 e. The molecule has 3 rings (SSSR count). The van der Waals surface area contributed by atoms with Crippen LogP contribution >= 0.6 is 11.8 Å². The molecule has 1 atom stereocenters. The van der Waals surface area contributed by atoms with Crippen LogP contribution in [0.2, 0.25) is 0 Å². The Balaban J connectivity index is 1.96. The van der Waals surface area contributed by atoms with Crippen LogP contribution in [0.25, 0.3) is 0 Å². The minimum atomic E-state index is -0.0789. The van der Waals surface area contributed by atoms with Crippen molar-refractivity contribution < 1.29 is 9.90 Å². The minimum Gasteiger partial charge on any atom is -0.515 e. The third-order valence-electron chi connectivity index (χ3n) is 3.44. The maximum absolute atomic E-state index is 12.3. The molecule has 1 N–H and O–H groups in total. The molecule has 1 saturated heterocycles. The van der Waals surface area contributed by atoms with Crippen molar-refractivity contribution in [2.75, 3.05) is 0 Å². The van der Waals surface area contributed by atoms with Gasteiger partial charge in [-0.05, 0) is 17.7 Å². The number of hydrogen-bond donors (Lipinski definition) is 1. The van der Waals surface area contributed by atoms with Gasteiger partial charge in [0.1, 0.15) is 5.04 Å². The van der Waals surface area contributed by atoms with E-state index in [4.69, 9.17) is 0 Å². The number of carbonyl (C=O) groups excluding carboxylic acids is 1. The number of nitrogens with zero attached hydrogens (tertiary/aromatic N) is 1. The molecule has 0 amide bonds. The number of benzene rings is 2. The Hall–Kier alpha value is -2.33. The van der Waals surface area contributed by atoms with Gasteiger partial charge in [0.25, 0.3) is 0 Å². The average molecular weight is 309 g/mol. The first-order valence-corrected chi connectivity index (χ1v) is 7.89. The topological polar surface area (TPSA) is 49.7 Å². The first-order valence-electron chi connectivity index (χ1n) is 7.01. The van der Waals surface area contributed by atoms with Gasteiger partial charge in [-0.2, -0.15) is 0 Å². The summed E-state index contributed by atoms with van der Waals surface area (Å²) < 4.78 is 0. The van der Waals surface area contributed by atoms with Gasteiger partial charge in [0, 0.05) is 11.7 Å². The summed E-state index contributed by atoms with van der Waals surface area (Å²) in [7, 11) is 0. The van der Waals surface area contributed by atoms with E-state index < -0.39 is 0 Å². The lowest BCUT2D eigenvalue weighted by molar-refractivity contribution is -0.115. The second kappa shape index (κ2) is 6.62. The summed E-state index contributed by atoms with van der Waals surface area (Å²) in [4.78, 5) is 16.8. The van der Waals surface area contributed by atoms with E-state index in [0.29, 0.717) is 17.0 Å². The number of carbonyl (C=O) groups is 1. The fourth-order valence-electron chi connectivity index (χ4n) is 2.32. The number of thioether (sulfide) groups is 1. The van der Waals surface area contributed by atoms with Gasteiger partial charge in [0.05, 0.1) is 17.5 Å². The Morgan fingerprint density at radius 2 is 1.68 bits per heavy atom. The Kier molecular flexibility index (Phi) is 4.39. The van der Waals surface area contributed by atoms with Gasteiger partial charge >= 0.3 is 0 Å². The number of Topliss-reactive ketones (excluding diaryl/α,β-unsaturated/α-hetero) is 1. The summed E-state index contributed by atoms with van der Waals surface area (Å²) in [6.07, 6.45) is 1.24. The van der Waals surface area contributed by atoms with Crippen LogP contribution in [0, 0.1) is 0 Å². The molecule has 1 aliphatic rings. The van der Waals surface area contributed by atoms with E-state index in [1.807, 2.05) is 60.7 Å². The molecule has 0 bridgehead atoms. The molecular formula is C18H15NO2S. The van der Waals surface area contributed by atoms with Crippen molar-refractivity contribution in [3.8, 4) is 0 Å². The highest BCUT2D eigenvalue weighted by Crippen LogP contribution is 2.41. The lowest BCUT2D eigenvalue weighted by Crippen LogP contribution is -2.20. The minimum absolute atomic E-state index is 0.0277.